The summed E-state index contributed by atoms with van der Waals surface area (Å²) < 4.78 is 33.5. The van der Waals surface area contributed by atoms with Crippen molar-refractivity contribution in [3.05, 3.63) is 12.4 Å². The number of ether oxygens (including phenoxy) is 1. The summed E-state index contributed by atoms with van der Waals surface area (Å²) in [5.74, 6) is 0. The van der Waals surface area contributed by atoms with Crippen LogP contribution in [0.3, 0.4) is 0 Å². The van der Waals surface area contributed by atoms with E-state index in [4.69, 9.17) is 4.74 Å². The summed E-state index contributed by atoms with van der Waals surface area (Å²) in [5.41, 5.74) is 0. The first-order valence-electron chi connectivity index (χ1n) is 6.26. The summed E-state index contributed by atoms with van der Waals surface area (Å²) in [6.45, 7) is 3.15. The van der Waals surface area contributed by atoms with Gasteiger partial charge in [0.1, 0.15) is 0 Å². The highest BCUT2D eigenvalue weighted by atomic mass is 32.2. The van der Waals surface area contributed by atoms with Crippen LogP contribution in [-0.4, -0.2) is 37.2 Å². The van der Waals surface area contributed by atoms with Gasteiger partial charge < -0.3 is 9.30 Å². The lowest BCUT2D eigenvalue weighted by molar-refractivity contribution is 0.00577. The van der Waals surface area contributed by atoms with Crippen molar-refractivity contribution in [1.82, 2.24) is 14.3 Å². The second-order valence-corrected chi connectivity index (χ2v) is 5.98. The normalized spacial score (nSPS) is 16.7. The molecule has 0 saturated heterocycles. The average molecular weight is 273 g/mol. The molecule has 0 aliphatic heterocycles. The third-order valence-electron chi connectivity index (χ3n) is 3.06. The molecular formula is C11H19N3O3S. The maximum atomic E-state index is 12.0. The Morgan fingerprint density at radius 2 is 2.33 bits per heavy atom. The second-order valence-electron chi connectivity index (χ2n) is 4.32. The molecule has 1 heterocycles. The molecule has 0 unspecified atom stereocenters. The molecule has 0 bridgehead atoms. The minimum Gasteiger partial charge on any atom is -0.377 e. The molecule has 1 aromatic rings. The Labute approximate surface area is 107 Å². The van der Waals surface area contributed by atoms with E-state index in [-0.39, 0.29) is 11.7 Å². The van der Waals surface area contributed by atoms with E-state index in [2.05, 4.69) is 9.71 Å². The number of sulfonamides is 1. The van der Waals surface area contributed by atoms with E-state index >= 15 is 0 Å². The summed E-state index contributed by atoms with van der Waals surface area (Å²) in [4.78, 5) is 3.87. The van der Waals surface area contributed by atoms with Crippen molar-refractivity contribution in [2.75, 3.05) is 13.2 Å². The first-order valence-corrected chi connectivity index (χ1v) is 7.74. The van der Waals surface area contributed by atoms with Crippen LogP contribution in [0.2, 0.25) is 0 Å². The first kappa shape index (κ1) is 13.5. The van der Waals surface area contributed by atoms with Crippen LogP contribution in [0.1, 0.15) is 26.2 Å². The summed E-state index contributed by atoms with van der Waals surface area (Å²) in [5, 5.41) is 0.0636. The van der Waals surface area contributed by atoms with Crippen molar-refractivity contribution < 1.29 is 13.2 Å². The van der Waals surface area contributed by atoms with Crippen LogP contribution in [0.15, 0.2) is 17.6 Å². The maximum Gasteiger partial charge on any atom is 0.274 e. The SMILES string of the molecule is CCn1ccnc1S(=O)(=O)NCCOC1CCC1. The fraction of sp³-hybridized carbons (Fsp3) is 0.727. The summed E-state index contributed by atoms with van der Waals surface area (Å²) in [6.07, 6.45) is 6.86. The van der Waals surface area contributed by atoms with Crippen molar-refractivity contribution in [2.24, 2.45) is 0 Å². The van der Waals surface area contributed by atoms with Gasteiger partial charge in [0.2, 0.25) is 5.16 Å². The minimum atomic E-state index is -3.52. The highest BCUT2D eigenvalue weighted by Gasteiger charge is 2.20. The summed E-state index contributed by atoms with van der Waals surface area (Å²) in [6, 6.07) is 0. The minimum absolute atomic E-state index is 0.0636. The van der Waals surface area contributed by atoms with E-state index in [1.807, 2.05) is 6.92 Å². The number of nitrogens with one attached hydrogen (secondary N) is 1. The van der Waals surface area contributed by atoms with E-state index in [0.29, 0.717) is 19.3 Å². The standard InChI is InChI=1S/C11H19N3O3S/c1-2-14-8-6-12-11(14)18(15,16)13-7-9-17-10-4-3-5-10/h6,8,10,13H,2-5,7,9H2,1H3. The van der Waals surface area contributed by atoms with Gasteiger partial charge in [-0.05, 0) is 26.2 Å². The van der Waals surface area contributed by atoms with Crippen LogP contribution < -0.4 is 4.72 Å². The van der Waals surface area contributed by atoms with Crippen molar-refractivity contribution in [2.45, 2.75) is 44.0 Å². The molecule has 0 spiro atoms. The Bertz CT molecular complexity index is 479. The lowest BCUT2D eigenvalue weighted by Crippen LogP contribution is -2.32. The number of nitrogens with zero attached hydrogens (tertiary/aromatic N) is 2. The van der Waals surface area contributed by atoms with E-state index in [9.17, 15) is 8.42 Å². The molecule has 1 saturated carbocycles. The topological polar surface area (TPSA) is 73.2 Å². The van der Waals surface area contributed by atoms with E-state index in [1.165, 1.54) is 12.6 Å². The Morgan fingerprint density at radius 3 is 2.94 bits per heavy atom. The van der Waals surface area contributed by atoms with Gasteiger partial charge in [-0.25, -0.2) is 18.1 Å². The molecule has 102 valence electrons. The number of hydrogen-bond donors (Lipinski definition) is 1. The largest absolute Gasteiger partial charge is 0.377 e. The molecule has 6 nitrogen and oxygen atoms in total. The third-order valence-corrected chi connectivity index (χ3v) is 4.46. The second kappa shape index (κ2) is 5.81. The fourth-order valence-electron chi connectivity index (χ4n) is 1.78. The molecular weight excluding hydrogens is 254 g/mol. The number of aryl methyl sites for hydroxylation is 1. The lowest BCUT2D eigenvalue weighted by atomic mass is 9.96. The van der Waals surface area contributed by atoms with Gasteiger partial charge in [-0.1, -0.05) is 0 Å². The van der Waals surface area contributed by atoms with Gasteiger partial charge in [0.15, 0.2) is 0 Å². The smallest absolute Gasteiger partial charge is 0.274 e. The van der Waals surface area contributed by atoms with Crippen LogP contribution in [-0.2, 0) is 21.3 Å². The Morgan fingerprint density at radius 1 is 1.56 bits per heavy atom. The van der Waals surface area contributed by atoms with E-state index < -0.39 is 10.0 Å². The molecule has 1 aliphatic rings. The third kappa shape index (κ3) is 3.09. The molecule has 1 aliphatic carbocycles. The zero-order chi connectivity index (χ0) is 13.0. The summed E-state index contributed by atoms with van der Waals surface area (Å²) >= 11 is 0. The monoisotopic (exact) mass is 273 g/mol. The Hall–Kier alpha value is -0.920. The first-order chi connectivity index (χ1) is 8.63. The molecule has 0 aromatic carbocycles. The Kier molecular flexibility index (Phi) is 4.36. The molecule has 0 radical (unpaired) electrons. The highest BCUT2D eigenvalue weighted by Crippen LogP contribution is 2.21. The van der Waals surface area contributed by atoms with E-state index in [0.717, 1.165) is 12.8 Å². The van der Waals surface area contributed by atoms with Crippen molar-refractivity contribution in [3.63, 3.8) is 0 Å². The van der Waals surface area contributed by atoms with Gasteiger partial charge in [0, 0.05) is 25.5 Å². The molecule has 2 rings (SSSR count). The van der Waals surface area contributed by atoms with Gasteiger partial charge in [-0.3, -0.25) is 0 Å². The number of aromatic nitrogens is 2. The van der Waals surface area contributed by atoms with Gasteiger partial charge in [-0.2, -0.15) is 0 Å². The predicted octanol–water partition coefficient (Wildman–Crippen LogP) is 0.750. The van der Waals surface area contributed by atoms with Gasteiger partial charge in [-0.15, -0.1) is 0 Å². The molecule has 7 heteroatoms. The van der Waals surface area contributed by atoms with Crippen LogP contribution in [0, 0.1) is 0 Å². The molecule has 18 heavy (non-hydrogen) atoms. The lowest BCUT2D eigenvalue weighted by Gasteiger charge is -2.25. The van der Waals surface area contributed by atoms with E-state index in [1.54, 1.807) is 10.8 Å². The number of rotatable bonds is 7. The van der Waals surface area contributed by atoms with Crippen LogP contribution in [0.4, 0.5) is 0 Å². The fourth-order valence-corrected chi connectivity index (χ4v) is 2.96. The zero-order valence-corrected chi connectivity index (χ0v) is 11.3. The molecule has 1 aromatic heterocycles. The molecule has 1 fully saturated rings. The van der Waals surface area contributed by atoms with Crippen molar-refractivity contribution >= 4 is 10.0 Å². The van der Waals surface area contributed by atoms with Gasteiger partial charge in [0.25, 0.3) is 10.0 Å². The van der Waals surface area contributed by atoms with Gasteiger partial charge in [0.05, 0.1) is 12.7 Å². The van der Waals surface area contributed by atoms with Gasteiger partial charge >= 0.3 is 0 Å². The van der Waals surface area contributed by atoms with Crippen molar-refractivity contribution in [1.29, 1.82) is 0 Å². The predicted molar refractivity (Wildman–Crippen MR) is 66.7 cm³/mol. The number of imidazole rings is 1. The van der Waals surface area contributed by atoms with Crippen LogP contribution in [0.5, 0.6) is 0 Å². The maximum absolute atomic E-state index is 12.0. The van der Waals surface area contributed by atoms with Crippen LogP contribution in [0.25, 0.3) is 0 Å². The molecule has 0 amide bonds. The van der Waals surface area contributed by atoms with Crippen LogP contribution >= 0.6 is 0 Å². The summed E-state index contributed by atoms with van der Waals surface area (Å²) in [7, 11) is -3.52. The Balaban J connectivity index is 1.83. The number of hydrogen-bond acceptors (Lipinski definition) is 4. The average Bonchev–Trinajstić information content (AvgIpc) is 2.75. The molecule has 1 N–H and O–H groups in total. The quantitative estimate of drug-likeness (QED) is 0.744. The van der Waals surface area contributed by atoms with Crippen molar-refractivity contribution in [3.8, 4) is 0 Å². The molecule has 0 atom stereocenters. The zero-order valence-electron chi connectivity index (χ0n) is 10.5. The highest BCUT2D eigenvalue weighted by molar-refractivity contribution is 7.89.